The van der Waals surface area contributed by atoms with Gasteiger partial charge >= 0.3 is 0 Å². The summed E-state index contributed by atoms with van der Waals surface area (Å²) in [6, 6.07) is 6.81. The van der Waals surface area contributed by atoms with Gasteiger partial charge in [-0.05, 0) is 55.2 Å². The van der Waals surface area contributed by atoms with Gasteiger partial charge in [0.15, 0.2) is 0 Å². The first-order valence-electron chi connectivity index (χ1n) is 13.3. The topological polar surface area (TPSA) is 139 Å². The summed E-state index contributed by atoms with van der Waals surface area (Å²) in [7, 11) is 0. The van der Waals surface area contributed by atoms with Gasteiger partial charge in [0, 0.05) is 29.7 Å². The third-order valence-electron chi connectivity index (χ3n) is 5.33. The number of nitrogens with zero attached hydrogens (tertiary/aromatic N) is 4. The molecule has 6 N–H and O–H groups in total. The summed E-state index contributed by atoms with van der Waals surface area (Å²) in [6.45, 7) is 12.0. The van der Waals surface area contributed by atoms with E-state index >= 15 is 0 Å². The van der Waals surface area contributed by atoms with Crippen molar-refractivity contribution in [1.82, 2.24) is 19.7 Å². The fourth-order valence-electron chi connectivity index (χ4n) is 3.75. The second kappa shape index (κ2) is 18.7. The predicted octanol–water partition coefficient (Wildman–Crippen LogP) is 5.85. The normalized spacial score (nSPS) is 14.1. The number of rotatable bonds is 5. The number of hydrogen-bond acceptors (Lipinski definition) is 6. The van der Waals surface area contributed by atoms with Gasteiger partial charge < -0.3 is 17.2 Å². The molecule has 40 heavy (non-hydrogen) atoms. The van der Waals surface area contributed by atoms with Crippen molar-refractivity contribution in [2.75, 3.05) is 0 Å². The fourth-order valence-corrected chi connectivity index (χ4v) is 3.75. The van der Waals surface area contributed by atoms with Gasteiger partial charge in [-0.1, -0.05) is 47.6 Å². The van der Waals surface area contributed by atoms with E-state index in [4.69, 9.17) is 17.2 Å². The smallest absolute Gasteiger partial charge is 0.269 e. The lowest BCUT2D eigenvalue weighted by Gasteiger charge is -2.25. The number of terminal acetylenes is 1. The van der Waals surface area contributed by atoms with Gasteiger partial charge in [0.2, 0.25) is 0 Å². The number of carbonyl (C=O) groups is 1. The number of aromatic nitrogens is 4. The zero-order valence-electron chi connectivity index (χ0n) is 24.2. The molecule has 1 unspecified atom stereocenters. The van der Waals surface area contributed by atoms with Crippen molar-refractivity contribution in [3.63, 3.8) is 0 Å². The van der Waals surface area contributed by atoms with Gasteiger partial charge in [-0.2, -0.15) is 5.10 Å². The molecule has 3 aromatic rings. The maximum absolute atomic E-state index is 14.1. The van der Waals surface area contributed by atoms with E-state index in [1.165, 1.54) is 29.1 Å². The Morgan fingerprint density at radius 1 is 1.02 bits per heavy atom. The maximum atomic E-state index is 14.1. The highest BCUT2D eigenvalue weighted by atomic mass is 19.1. The summed E-state index contributed by atoms with van der Waals surface area (Å²) in [5.74, 6) is -2.10. The molecular weight excluding hydrogens is 512 g/mol. The number of amides is 1. The molecule has 8 nitrogen and oxygen atoms in total. The third kappa shape index (κ3) is 9.05. The van der Waals surface area contributed by atoms with E-state index in [0.29, 0.717) is 23.4 Å². The maximum Gasteiger partial charge on any atom is 0.269 e. The highest BCUT2D eigenvalue weighted by molar-refractivity contribution is 5.90. The Hall–Kier alpha value is -4.52. The molecule has 0 fully saturated rings. The second-order valence-electron chi connectivity index (χ2n) is 7.41. The minimum Gasteiger partial charge on any atom is -0.401 e. The van der Waals surface area contributed by atoms with Gasteiger partial charge in [-0.25, -0.2) is 23.4 Å². The van der Waals surface area contributed by atoms with Crippen LogP contribution in [0.1, 0.15) is 88.5 Å². The van der Waals surface area contributed by atoms with Crippen LogP contribution >= 0.6 is 0 Å². The van der Waals surface area contributed by atoms with Gasteiger partial charge in [0.1, 0.15) is 17.3 Å². The van der Waals surface area contributed by atoms with Crippen molar-refractivity contribution in [2.24, 2.45) is 17.2 Å². The van der Waals surface area contributed by atoms with E-state index in [-0.39, 0.29) is 28.8 Å². The molecule has 4 rings (SSSR count). The van der Waals surface area contributed by atoms with Crippen LogP contribution in [0.15, 0.2) is 60.1 Å². The summed E-state index contributed by atoms with van der Waals surface area (Å²) >= 11 is 0. The quantitative estimate of drug-likeness (QED) is 0.339. The zero-order chi connectivity index (χ0) is 30.8. The van der Waals surface area contributed by atoms with E-state index in [0.717, 1.165) is 25.0 Å². The largest absolute Gasteiger partial charge is 0.401 e. The first-order valence-corrected chi connectivity index (χ1v) is 13.3. The Kier molecular flexibility index (Phi) is 16.6. The highest BCUT2D eigenvalue weighted by Gasteiger charge is 2.24. The van der Waals surface area contributed by atoms with Gasteiger partial charge in [0.25, 0.3) is 11.9 Å². The van der Waals surface area contributed by atoms with Crippen LogP contribution in [0, 0.1) is 24.5 Å². The molecule has 1 amide bonds. The lowest BCUT2D eigenvalue weighted by atomic mass is 9.84. The molecule has 0 saturated heterocycles. The van der Waals surface area contributed by atoms with Crippen LogP contribution in [0.3, 0.4) is 0 Å². The number of benzene rings is 1. The summed E-state index contributed by atoms with van der Waals surface area (Å²) in [6.07, 6.45) is 14.8. The molecule has 1 atom stereocenters. The lowest BCUT2D eigenvalue weighted by molar-refractivity contribution is 0.0995. The minimum absolute atomic E-state index is 0.0295. The Morgan fingerprint density at radius 2 is 1.62 bits per heavy atom. The molecular formula is C30H41F2N7O. The van der Waals surface area contributed by atoms with Gasteiger partial charge in [-0.15, -0.1) is 12.8 Å². The third-order valence-corrected chi connectivity index (χ3v) is 5.33. The molecule has 0 spiro atoms. The van der Waals surface area contributed by atoms with Crippen LogP contribution in [-0.4, -0.2) is 25.7 Å². The first-order chi connectivity index (χ1) is 19.3. The van der Waals surface area contributed by atoms with Crippen LogP contribution in [0.5, 0.6) is 0 Å². The number of carbonyl (C=O) groups excluding carboxylic acids is 1. The number of halogens is 2. The molecule has 2 aromatic heterocycles. The summed E-state index contributed by atoms with van der Waals surface area (Å²) in [4.78, 5) is 20.0. The standard InChI is InChI=1S/C22H21F2N7O.3C2H6.C2H2/c23-14-5-2-6-15(24)19(14)16(25)11-12-3-1-4-13(20(12)26)17-7-9-28-22(29-17)31-10-8-18(30-31)21(27)32;4*1-2/h2,5-11,13H,1,3-4,25-26H2,(H2,27,32);3*1-2H3;1-2H/b16-11-;;;;. The van der Waals surface area contributed by atoms with E-state index in [9.17, 15) is 13.6 Å². The molecule has 1 aliphatic carbocycles. The minimum atomic E-state index is -0.736. The summed E-state index contributed by atoms with van der Waals surface area (Å²) in [5.41, 5.74) is 19.4. The molecule has 216 valence electrons. The second-order valence-corrected chi connectivity index (χ2v) is 7.41. The Labute approximate surface area is 236 Å². The molecule has 0 aliphatic heterocycles. The van der Waals surface area contributed by atoms with Crippen molar-refractivity contribution >= 4 is 11.6 Å². The van der Waals surface area contributed by atoms with Crippen molar-refractivity contribution in [3.05, 3.63) is 88.7 Å². The van der Waals surface area contributed by atoms with Gasteiger partial charge in [-0.3, -0.25) is 4.79 Å². The van der Waals surface area contributed by atoms with E-state index in [1.807, 2.05) is 41.5 Å². The van der Waals surface area contributed by atoms with Crippen molar-refractivity contribution < 1.29 is 13.6 Å². The van der Waals surface area contributed by atoms with Crippen LogP contribution in [-0.2, 0) is 0 Å². The van der Waals surface area contributed by atoms with E-state index in [2.05, 4.69) is 27.9 Å². The number of primary amides is 1. The molecule has 1 aromatic carbocycles. The van der Waals surface area contributed by atoms with Crippen LogP contribution in [0.2, 0.25) is 0 Å². The first kappa shape index (κ1) is 35.5. The van der Waals surface area contributed by atoms with Crippen LogP contribution in [0.4, 0.5) is 8.78 Å². The monoisotopic (exact) mass is 553 g/mol. The molecule has 0 saturated carbocycles. The fraction of sp³-hybridized carbons (Fsp3) is 0.333. The van der Waals surface area contributed by atoms with Crippen LogP contribution in [0.25, 0.3) is 11.6 Å². The number of allylic oxidation sites excluding steroid dienone is 3. The average molecular weight is 554 g/mol. The molecule has 0 radical (unpaired) electrons. The van der Waals surface area contributed by atoms with E-state index in [1.54, 1.807) is 12.3 Å². The van der Waals surface area contributed by atoms with Gasteiger partial charge in [0.05, 0.1) is 11.3 Å². The molecule has 10 heteroatoms. The highest BCUT2D eigenvalue weighted by Crippen LogP contribution is 2.35. The van der Waals surface area contributed by atoms with Crippen LogP contribution < -0.4 is 17.2 Å². The van der Waals surface area contributed by atoms with E-state index < -0.39 is 17.5 Å². The SMILES string of the molecule is C#C.CC.CC.CC.NC(=O)c1ccn(-c2nccc(C3CCCC(/C=C(\N)c4c(F)cccc4F)=C3N)n2)n1. The lowest BCUT2D eigenvalue weighted by Crippen LogP contribution is -2.19. The Morgan fingerprint density at radius 3 is 2.17 bits per heavy atom. The number of hydrogen-bond donors (Lipinski definition) is 3. The van der Waals surface area contributed by atoms with Crippen molar-refractivity contribution in [1.29, 1.82) is 0 Å². The summed E-state index contributed by atoms with van der Waals surface area (Å²) < 4.78 is 29.5. The zero-order valence-corrected chi connectivity index (χ0v) is 24.2. The Bertz CT molecular complexity index is 1280. The summed E-state index contributed by atoms with van der Waals surface area (Å²) in [5, 5.41) is 4.07. The number of nitrogens with two attached hydrogens (primary N) is 3. The van der Waals surface area contributed by atoms with Crippen molar-refractivity contribution in [3.8, 4) is 18.8 Å². The van der Waals surface area contributed by atoms with Crippen molar-refractivity contribution in [2.45, 2.75) is 66.7 Å². The molecule has 2 heterocycles. The Balaban J connectivity index is 0.00000175. The average Bonchev–Trinajstić information content (AvgIpc) is 3.50. The molecule has 0 bridgehead atoms. The predicted molar refractivity (Wildman–Crippen MR) is 158 cm³/mol. The molecule has 1 aliphatic rings.